The molecule has 0 fully saturated rings. The van der Waals surface area contributed by atoms with Crippen LogP contribution in [0.3, 0.4) is 0 Å². The van der Waals surface area contributed by atoms with Crippen molar-refractivity contribution in [3.63, 3.8) is 0 Å². The molecule has 0 aliphatic rings. The fraction of sp³-hybridized carbons (Fsp3) is 0. The molecule has 0 saturated carbocycles. The topological polar surface area (TPSA) is 17.8 Å². The molecule has 3 heterocycles. The number of hydrogen-bond donors (Lipinski definition) is 0. The van der Waals surface area contributed by atoms with Gasteiger partial charge in [0.1, 0.15) is 0 Å². The molecule has 17 rings (SSSR count). The van der Waals surface area contributed by atoms with Crippen LogP contribution >= 0.6 is 11.3 Å². The first-order valence-electron chi connectivity index (χ1n) is 27.5. The van der Waals surface area contributed by atoms with Gasteiger partial charge < -0.3 is 4.57 Å². The van der Waals surface area contributed by atoms with Gasteiger partial charge in [0, 0.05) is 59.3 Å². The first kappa shape index (κ1) is 44.9. The maximum atomic E-state index is 5.34. The Balaban J connectivity index is 0.960. The number of aromatic nitrogens is 2. The number of para-hydroxylation sites is 2. The molecule has 14 aromatic carbocycles. The smallest absolute Gasteiger partial charge is 0.0708 e. The van der Waals surface area contributed by atoms with Crippen LogP contribution in [0.15, 0.2) is 279 Å². The van der Waals surface area contributed by atoms with Gasteiger partial charge in [0.2, 0.25) is 0 Å². The highest BCUT2D eigenvalue weighted by molar-refractivity contribution is 7.26. The third-order valence-electron chi connectivity index (χ3n) is 17.0. The van der Waals surface area contributed by atoms with Crippen LogP contribution in [0.5, 0.6) is 0 Å². The standard InChI is InChI=1S/C77H46N2S/c1-2-18-47(19-3-1)51-30-16-31-65-66-32-17-33-67(77(66)80-76(51)65)70-43-49(73-45-71-58-26-10-7-22-54(58)55-23-8-11-27-59(55)72(71)46-78-73)37-40-62(70)60-41-38-50(79-74-34-14-12-28-63(74)64-29-13-15-35-75(64)79)44-68(60)48-36-39-61-56-24-5-4-20-52(56)53-21-6-9-25-57(53)69(61)42-48/h1-46H. The summed E-state index contributed by atoms with van der Waals surface area (Å²) in [6, 6.07) is 101. The zero-order valence-corrected chi connectivity index (χ0v) is 44.2. The van der Waals surface area contributed by atoms with E-state index in [2.05, 4.69) is 284 Å². The highest BCUT2D eigenvalue weighted by Crippen LogP contribution is 2.49. The van der Waals surface area contributed by atoms with Crippen LogP contribution in [-0.4, -0.2) is 9.55 Å². The van der Waals surface area contributed by atoms with E-state index >= 15 is 0 Å². The fourth-order valence-electron chi connectivity index (χ4n) is 13.4. The van der Waals surface area contributed by atoms with Gasteiger partial charge in [-0.1, -0.05) is 231 Å². The lowest BCUT2D eigenvalue weighted by Crippen LogP contribution is -1.97. The molecular weight excluding hydrogens is 985 g/mol. The molecule has 17 aromatic rings. The molecule has 3 aromatic heterocycles. The second-order valence-corrected chi connectivity index (χ2v) is 22.3. The lowest BCUT2D eigenvalue weighted by Gasteiger charge is -2.20. The predicted octanol–water partition coefficient (Wildman–Crippen LogP) is 21.8. The number of benzene rings is 14. The van der Waals surface area contributed by atoms with E-state index in [1.807, 2.05) is 11.3 Å². The Bertz CT molecular complexity index is 5310. The fourth-order valence-corrected chi connectivity index (χ4v) is 14.8. The molecule has 0 aliphatic heterocycles. The van der Waals surface area contributed by atoms with Crippen LogP contribution in [0.25, 0.3) is 168 Å². The number of pyridine rings is 1. The minimum absolute atomic E-state index is 0.941. The second-order valence-electron chi connectivity index (χ2n) is 21.3. The Morgan fingerprint density at radius 1 is 0.237 bits per heavy atom. The van der Waals surface area contributed by atoms with Gasteiger partial charge in [-0.25, -0.2) is 0 Å². The van der Waals surface area contributed by atoms with Crippen LogP contribution in [0, 0.1) is 0 Å². The first-order chi connectivity index (χ1) is 39.7. The summed E-state index contributed by atoms with van der Waals surface area (Å²) in [6.45, 7) is 0. The third kappa shape index (κ3) is 6.75. The van der Waals surface area contributed by atoms with Crippen LogP contribution in [-0.2, 0) is 0 Å². The Labute approximate surface area is 465 Å². The molecule has 370 valence electrons. The van der Waals surface area contributed by atoms with E-state index in [1.54, 1.807) is 0 Å². The summed E-state index contributed by atoms with van der Waals surface area (Å²) in [6.07, 6.45) is 2.10. The summed E-state index contributed by atoms with van der Waals surface area (Å²) in [4.78, 5) is 5.34. The van der Waals surface area contributed by atoms with Gasteiger partial charge in [0.05, 0.1) is 16.7 Å². The van der Waals surface area contributed by atoms with Gasteiger partial charge >= 0.3 is 0 Å². The molecule has 3 heteroatoms. The molecule has 0 unspecified atom stereocenters. The number of hydrogen-bond acceptors (Lipinski definition) is 2. The van der Waals surface area contributed by atoms with Gasteiger partial charge in [-0.3, -0.25) is 4.98 Å². The average Bonchev–Trinajstić information content (AvgIpc) is 4.26. The molecular formula is C77H46N2S. The van der Waals surface area contributed by atoms with Gasteiger partial charge in [0.15, 0.2) is 0 Å². The van der Waals surface area contributed by atoms with E-state index in [0.717, 1.165) is 50.1 Å². The van der Waals surface area contributed by atoms with Crippen molar-refractivity contribution in [3.05, 3.63) is 279 Å². The Morgan fingerprint density at radius 3 is 1.30 bits per heavy atom. The summed E-state index contributed by atoms with van der Waals surface area (Å²) < 4.78 is 5.01. The van der Waals surface area contributed by atoms with Crippen molar-refractivity contribution in [1.82, 2.24) is 9.55 Å². The van der Waals surface area contributed by atoms with Crippen molar-refractivity contribution in [2.45, 2.75) is 0 Å². The number of nitrogens with zero attached hydrogens (tertiary/aromatic N) is 2. The maximum Gasteiger partial charge on any atom is 0.0708 e. The van der Waals surface area contributed by atoms with Crippen LogP contribution < -0.4 is 0 Å². The van der Waals surface area contributed by atoms with E-state index < -0.39 is 0 Å². The molecule has 2 nitrogen and oxygen atoms in total. The minimum Gasteiger partial charge on any atom is -0.309 e. The van der Waals surface area contributed by atoms with E-state index in [0.29, 0.717) is 0 Å². The quantitative estimate of drug-likeness (QED) is 0.152. The van der Waals surface area contributed by atoms with Gasteiger partial charge in [-0.15, -0.1) is 11.3 Å². The molecule has 0 amide bonds. The monoisotopic (exact) mass is 1030 g/mol. The van der Waals surface area contributed by atoms with Crippen molar-refractivity contribution in [2.75, 3.05) is 0 Å². The SMILES string of the molecule is c1ccc(-c2cccc3c2sc2c(-c4cc(-c5cc6c7ccccc7c7ccccc7c6cn5)ccc4-c4ccc(-n5c6ccccc6c6ccccc65)cc4-c4ccc5c6ccccc6c6ccccc6c5c4)cccc23)cc1. The zero-order valence-electron chi connectivity index (χ0n) is 43.4. The van der Waals surface area contributed by atoms with Crippen molar-refractivity contribution in [2.24, 2.45) is 0 Å². The van der Waals surface area contributed by atoms with Gasteiger partial charge in [-0.05, 0) is 141 Å². The van der Waals surface area contributed by atoms with E-state index in [4.69, 9.17) is 4.98 Å². The predicted molar refractivity (Wildman–Crippen MR) is 344 cm³/mol. The average molecular weight is 1030 g/mol. The van der Waals surface area contributed by atoms with E-state index in [1.165, 1.54) is 118 Å². The van der Waals surface area contributed by atoms with Gasteiger partial charge in [-0.2, -0.15) is 0 Å². The molecule has 0 N–H and O–H groups in total. The Kier molecular flexibility index (Phi) is 9.92. The first-order valence-corrected chi connectivity index (χ1v) is 28.3. The normalized spacial score (nSPS) is 12.0. The number of fused-ring (bicyclic) bond motifs is 18. The van der Waals surface area contributed by atoms with Crippen molar-refractivity contribution in [3.8, 4) is 61.5 Å². The minimum atomic E-state index is 0.941. The summed E-state index contributed by atoms with van der Waals surface area (Å²) in [5.41, 5.74) is 15.0. The summed E-state index contributed by atoms with van der Waals surface area (Å²) in [5, 5.41) is 19.9. The summed E-state index contributed by atoms with van der Waals surface area (Å²) in [5.74, 6) is 0. The second kappa shape index (κ2) is 17.7. The highest BCUT2D eigenvalue weighted by Gasteiger charge is 2.22. The van der Waals surface area contributed by atoms with Crippen molar-refractivity contribution >= 4 is 118 Å². The molecule has 0 bridgehead atoms. The zero-order chi connectivity index (χ0) is 52.4. The lowest BCUT2D eigenvalue weighted by molar-refractivity contribution is 1.18. The lowest BCUT2D eigenvalue weighted by atomic mass is 9.86. The molecule has 0 spiro atoms. The van der Waals surface area contributed by atoms with Crippen molar-refractivity contribution < 1.29 is 0 Å². The van der Waals surface area contributed by atoms with E-state index in [-0.39, 0.29) is 0 Å². The molecule has 0 radical (unpaired) electrons. The molecule has 0 atom stereocenters. The molecule has 0 aliphatic carbocycles. The summed E-state index contributed by atoms with van der Waals surface area (Å²) in [7, 11) is 0. The highest BCUT2D eigenvalue weighted by atomic mass is 32.1. The summed E-state index contributed by atoms with van der Waals surface area (Å²) >= 11 is 1.90. The molecule has 0 saturated heterocycles. The third-order valence-corrected chi connectivity index (χ3v) is 18.3. The van der Waals surface area contributed by atoms with E-state index in [9.17, 15) is 0 Å². The van der Waals surface area contributed by atoms with Gasteiger partial charge in [0.25, 0.3) is 0 Å². The Hall–Kier alpha value is -10.2. The molecule has 80 heavy (non-hydrogen) atoms. The number of rotatable bonds is 6. The van der Waals surface area contributed by atoms with Crippen molar-refractivity contribution in [1.29, 1.82) is 0 Å². The largest absolute Gasteiger partial charge is 0.309 e. The number of thiophene rings is 1. The van der Waals surface area contributed by atoms with Crippen LogP contribution in [0.1, 0.15) is 0 Å². The van der Waals surface area contributed by atoms with Crippen LogP contribution in [0.4, 0.5) is 0 Å². The van der Waals surface area contributed by atoms with Crippen LogP contribution in [0.2, 0.25) is 0 Å². The maximum absolute atomic E-state index is 5.34. The Morgan fingerprint density at radius 2 is 0.688 bits per heavy atom.